The predicted octanol–water partition coefficient (Wildman–Crippen LogP) is 3.32. The minimum Gasteiger partial charge on any atom is -0.497 e. The van der Waals surface area contributed by atoms with Crippen LogP contribution in [0.4, 0.5) is 0 Å². The SMILES string of the molecule is COc1ccc(-c2nnc3n2NC(c2ccc(OC)c(OC)c2)S3)cc1. The summed E-state index contributed by atoms with van der Waals surface area (Å²) in [4.78, 5) is 0. The highest BCUT2D eigenvalue weighted by molar-refractivity contribution is 7.99. The molecule has 0 spiro atoms. The molecule has 26 heavy (non-hydrogen) atoms. The van der Waals surface area contributed by atoms with Gasteiger partial charge in [0.05, 0.1) is 21.3 Å². The number of ether oxygens (including phenoxy) is 3. The Hall–Kier alpha value is -2.87. The van der Waals surface area contributed by atoms with E-state index in [0.717, 1.165) is 27.9 Å². The first kappa shape index (κ1) is 16.6. The highest BCUT2D eigenvalue weighted by Crippen LogP contribution is 2.42. The van der Waals surface area contributed by atoms with Crippen LogP contribution < -0.4 is 19.6 Å². The summed E-state index contributed by atoms with van der Waals surface area (Å²) in [5.74, 6) is 2.97. The number of nitrogens with one attached hydrogen (secondary N) is 1. The average molecular weight is 370 g/mol. The van der Waals surface area contributed by atoms with Gasteiger partial charge in [-0.1, -0.05) is 17.8 Å². The van der Waals surface area contributed by atoms with Gasteiger partial charge in [-0.25, -0.2) is 4.68 Å². The molecule has 8 heteroatoms. The smallest absolute Gasteiger partial charge is 0.212 e. The molecule has 0 bridgehead atoms. The third-order valence-electron chi connectivity index (χ3n) is 4.16. The van der Waals surface area contributed by atoms with Gasteiger partial charge in [-0.05, 0) is 42.0 Å². The second-order valence-corrected chi connectivity index (χ2v) is 6.68. The Labute approximate surface area is 155 Å². The van der Waals surface area contributed by atoms with Crippen LogP contribution in [0.2, 0.25) is 0 Å². The van der Waals surface area contributed by atoms with Crippen LogP contribution in [0.3, 0.4) is 0 Å². The summed E-state index contributed by atoms with van der Waals surface area (Å²) in [6.07, 6.45) is 0. The summed E-state index contributed by atoms with van der Waals surface area (Å²) in [5, 5.41) is 9.42. The Morgan fingerprint density at radius 1 is 0.923 bits per heavy atom. The van der Waals surface area contributed by atoms with Crippen LogP contribution in [0.25, 0.3) is 11.4 Å². The van der Waals surface area contributed by atoms with E-state index in [9.17, 15) is 0 Å². The zero-order chi connectivity index (χ0) is 18.1. The molecule has 7 nitrogen and oxygen atoms in total. The number of hydrogen-bond acceptors (Lipinski definition) is 7. The number of rotatable bonds is 5. The fourth-order valence-electron chi connectivity index (χ4n) is 2.80. The predicted molar refractivity (Wildman–Crippen MR) is 99.5 cm³/mol. The van der Waals surface area contributed by atoms with Crippen molar-refractivity contribution in [2.75, 3.05) is 26.8 Å². The van der Waals surface area contributed by atoms with Crippen molar-refractivity contribution >= 4 is 11.8 Å². The Bertz CT molecular complexity index is 927. The Morgan fingerprint density at radius 3 is 2.38 bits per heavy atom. The lowest BCUT2D eigenvalue weighted by Crippen LogP contribution is -2.14. The zero-order valence-corrected chi connectivity index (χ0v) is 15.4. The second kappa shape index (κ2) is 6.80. The minimum absolute atomic E-state index is 0.0114. The van der Waals surface area contributed by atoms with Crippen LogP contribution in [0.5, 0.6) is 17.2 Å². The molecule has 4 rings (SSSR count). The molecule has 1 atom stereocenters. The van der Waals surface area contributed by atoms with Crippen LogP contribution in [-0.4, -0.2) is 36.2 Å². The molecule has 0 fully saturated rings. The van der Waals surface area contributed by atoms with E-state index < -0.39 is 0 Å². The molecule has 1 N–H and O–H groups in total. The van der Waals surface area contributed by atoms with Gasteiger partial charge in [0.2, 0.25) is 5.16 Å². The molecule has 1 unspecified atom stereocenters. The number of aromatic nitrogens is 3. The van der Waals surface area contributed by atoms with Crippen molar-refractivity contribution < 1.29 is 14.2 Å². The molecule has 3 aromatic rings. The monoisotopic (exact) mass is 370 g/mol. The van der Waals surface area contributed by atoms with Crippen LogP contribution in [-0.2, 0) is 0 Å². The number of hydrogen-bond donors (Lipinski definition) is 1. The molecule has 0 saturated carbocycles. The molecule has 0 saturated heterocycles. The first-order valence-corrected chi connectivity index (χ1v) is 8.86. The fraction of sp³-hybridized carbons (Fsp3) is 0.222. The molecular formula is C18H18N4O3S. The molecule has 0 aliphatic carbocycles. The number of methoxy groups -OCH3 is 3. The normalized spacial score (nSPS) is 15.3. The number of benzene rings is 2. The maximum Gasteiger partial charge on any atom is 0.212 e. The maximum atomic E-state index is 5.40. The molecule has 2 heterocycles. The van der Waals surface area contributed by atoms with E-state index in [1.54, 1.807) is 33.1 Å². The fourth-order valence-corrected chi connectivity index (χ4v) is 3.78. The molecule has 1 aliphatic rings. The Kier molecular flexibility index (Phi) is 4.34. The van der Waals surface area contributed by atoms with E-state index in [4.69, 9.17) is 14.2 Å². The van der Waals surface area contributed by atoms with Crippen LogP contribution >= 0.6 is 11.8 Å². The molecule has 0 radical (unpaired) electrons. The second-order valence-electron chi connectivity index (χ2n) is 5.61. The van der Waals surface area contributed by atoms with Gasteiger partial charge in [-0.3, -0.25) is 0 Å². The summed E-state index contributed by atoms with van der Waals surface area (Å²) in [6, 6.07) is 13.6. The van der Waals surface area contributed by atoms with Crippen molar-refractivity contribution in [3.8, 4) is 28.6 Å². The van der Waals surface area contributed by atoms with Gasteiger partial charge in [0.15, 0.2) is 17.3 Å². The van der Waals surface area contributed by atoms with Crippen molar-refractivity contribution in [2.45, 2.75) is 10.5 Å². The van der Waals surface area contributed by atoms with Crippen molar-refractivity contribution in [3.63, 3.8) is 0 Å². The highest BCUT2D eigenvalue weighted by atomic mass is 32.2. The van der Waals surface area contributed by atoms with E-state index >= 15 is 0 Å². The lowest BCUT2D eigenvalue weighted by molar-refractivity contribution is 0.354. The van der Waals surface area contributed by atoms with Crippen LogP contribution in [0.1, 0.15) is 10.9 Å². The minimum atomic E-state index is 0.0114. The quantitative estimate of drug-likeness (QED) is 0.739. The van der Waals surface area contributed by atoms with E-state index in [1.165, 1.54) is 0 Å². The van der Waals surface area contributed by atoms with Crippen molar-refractivity contribution in [1.29, 1.82) is 0 Å². The van der Waals surface area contributed by atoms with Gasteiger partial charge < -0.3 is 19.6 Å². The molecule has 0 amide bonds. The van der Waals surface area contributed by atoms with Gasteiger partial charge in [0.25, 0.3) is 0 Å². The number of nitrogens with zero attached hydrogens (tertiary/aromatic N) is 3. The van der Waals surface area contributed by atoms with E-state index in [2.05, 4.69) is 15.6 Å². The zero-order valence-electron chi connectivity index (χ0n) is 14.6. The summed E-state index contributed by atoms with van der Waals surface area (Å²) >= 11 is 1.60. The van der Waals surface area contributed by atoms with Crippen LogP contribution in [0.15, 0.2) is 47.6 Å². The highest BCUT2D eigenvalue weighted by Gasteiger charge is 2.28. The average Bonchev–Trinajstić information content (AvgIpc) is 3.28. The first-order valence-electron chi connectivity index (χ1n) is 7.98. The molecule has 1 aliphatic heterocycles. The molecular weight excluding hydrogens is 352 g/mol. The standard InChI is InChI=1S/C18H18N4O3S/c1-23-13-7-4-11(5-8-13)16-19-20-18-22(16)21-17(26-18)12-6-9-14(24-2)15(10-12)25-3/h4-10,17,21H,1-3H3. The van der Waals surface area contributed by atoms with Crippen molar-refractivity contribution in [2.24, 2.45) is 0 Å². The molecule has 2 aromatic carbocycles. The Morgan fingerprint density at radius 2 is 1.69 bits per heavy atom. The van der Waals surface area contributed by atoms with Crippen molar-refractivity contribution in [3.05, 3.63) is 48.0 Å². The van der Waals surface area contributed by atoms with Crippen LogP contribution in [0, 0.1) is 0 Å². The van der Waals surface area contributed by atoms with Gasteiger partial charge in [0.1, 0.15) is 11.1 Å². The molecule has 134 valence electrons. The van der Waals surface area contributed by atoms with E-state index in [0.29, 0.717) is 11.5 Å². The number of thioether (sulfide) groups is 1. The maximum absolute atomic E-state index is 5.40. The van der Waals surface area contributed by atoms with E-state index in [-0.39, 0.29) is 5.37 Å². The first-order chi connectivity index (χ1) is 12.7. The van der Waals surface area contributed by atoms with Gasteiger partial charge in [-0.2, -0.15) is 0 Å². The third kappa shape index (κ3) is 2.82. The number of fused-ring (bicyclic) bond motifs is 1. The summed E-state index contributed by atoms with van der Waals surface area (Å²) < 4.78 is 17.8. The summed E-state index contributed by atoms with van der Waals surface area (Å²) in [7, 11) is 4.91. The summed E-state index contributed by atoms with van der Waals surface area (Å²) in [5.41, 5.74) is 5.47. The largest absolute Gasteiger partial charge is 0.497 e. The van der Waals surface area contributed by atoms with Gasteiger partial charge in [-0.15, -0.1) is 10.2 Å². The topological polar surface area (TPSA) is 70.4 Å². The molecule has 1 aromatic heterocycles. The van der Waals surface area contributed by atoms with Gasteiger partial charge in [0, 0.05) is 5.56 Å². The lowest BCUT2D eigenvalue weighted by Gasteiger charge is -2.15. The third-order valence-corrected chi connectivity index (χ3v) is 5.25. The lowest BCUT2D eigenvalue weighted by atomic mass is 10.2. The van der Waals surface area contributed by atoms with E-state index in [1.807, 2.05) is 47.1 Å². The van der Waals surface area contributed by atoms with Gasteiger partial charge >= 0.3 is 0 Å². The Balaban J connectivity index is 1.61. The summed E-state index contributed by atoms with van der Waals surface area (Å²) in [6.45, 7) is 0. The van der Waals surface area contributed by atoms with Crippen molar-refractivity contribution in [1.82, 2.24) is 14.9 Å².